The summed E-state index contributed by atoms with van der Waals surface area (Å²) in [5.74, 6) is 0.806. The van der Waals surface area contributed by atoms with Crippen molar-refractivity contribution in [2.75, 3.05) is 12.3 Å². The van der Waals surface area contributed by atoms with E-state index in [0.29, 0.717) is 23.8 Å². The molecule has 0 amide bonds. The molecule has 4 heterocycles. The number of aromatic amines is 1. The third-order valence-electron chi connectivity index (χ3n) is 6.27. The van der Waals surface area contributed by atoms with Crippen molar-refractivity contribution in [1.29, 1.82) is 0 Å². The molecular formula is C25H24N8. The van der Waals surface area contributed by atoms with Crippen LogP contribution in [-0.4, -0.2) is 36.7 Å². The molecule has 0 saturated carbocycles. The van der Waals surface area contributed by atoms with Gasteiger partial charge < -0.3 is 11.1 Å². The minimum atomic E-state index is 0.366. The van der Waals surface area contributed by atoms with E-state index in [1.807, 2.05) is 16.9 Å². The van der Waals surface area contributed by atoms with Gasteiger partial charge in [-0.15, -0.1) is 5.10 Å². The summed E-state index contributed by atoms with van der Waals surface area (Å²) in [6.07, 6.45) is 4.65. The minimum Gasteiger partial charge on any atom is -0.384 e. The summed E-state index contributed by atoms with van der Waals surface area (Å²) in [5.41, 5.74) is 14.7. The van der Waals surface area contributed by atoms with Gasteiger partial charge in [0.2, 0.25) is 5.65 Å². The van der Waals surface area contributed by atoms with Crippen molar-refractivity contribution in [1.82, 2.24) is 35.5 Å². The van der Waals surface area contributed by atoms with E-state index in [1.54, 1.807) is 0 Å². The van der Waals surface area contributed by atoms with Crippen LogP contribution in [0.25, 0.3) is 11.2 Å². The second kappa shape index (κ2) is 8.14. The zero-order valence-corrected chi connectivity index (χ0v) is 18.1. The Morgan fingerprint density at radius 3 is 2.85 bits per heavy atom. The number of H-pyrrole nitrogens is 1. The third-order valence-corrected chi connectivity index (χ3v) is 6.27. The number of nitrogens with zero attached hydrogens (tertiary/aromatic N) is 5. The molecule has 8 heteroatoms. The van der Waals surface area contributed by atoms with E-state index < -0.39 is 0 Å². The highest BCUT2D eigenvalue weighted by molar-refractivity contribution is 5.76. The molecule has 8 nitrogen and oxygen atoms in total. The molecule has 1 unspecified atom stereocenters. The summed E-state index contributed by atoms with van der Waals surface area (Å²) in [4.78, 5) is 4.21. The van der Waals surface area contributed by atoms with Gasteiger partial charge in [0, 0.05) is 31.6 Å². The molecule has 0 fully saturated rings. The van der Waals surface area contributed by atoms with E-state index in [1.165, 1.54) is 22.3 Å². The number of nitrogens with two attached hydrogens (primary N) is 1. The Hall–Kier alpha value is -4.04. The summed E-state index contributed by atoms with van der Waals surface area (Å²) in [7, 11) is 0. The van der Waals surface area contributed by atoms with Crippen molar-refractivity contribution >= 4 is 17.0 Å². The number of anilines is 1. The lowest BCUT2D eigenvalue weighted by Crippen LogP contribution is -2.29. The van der Waals surface area contributed by atoms with Gasteiger partial charge in [0.05, 0.1) is 12.7 Å². The standard InChI is InChI=1S/C25H24N8/c26-23-10-20(24-25(29-23)31-32-30-24)8-17-11-28-33(15-17)14-16-6-7-19-12-27-13-22(21(19)9-16)18-4-2-1-3-5-18/h1-7,9-11,15,22,27H,8,12-14H2,(H3,26,29,30,31,32). The molecule has 0 bridgehead atoms. The summed E-state index contributed by atoms with van der Waals surface area (Å²) >= 11 is 0. The van der Waals surface area contributed by atoms with Crippen LogP contribution < -0.4 is 11.1 Å². The maximum absolute atomic E-state index is 5.94. The number of hydrogen-bond donors (Lipinski definition) is 3. The van der Waals surface area contributed by atoms with Crippen LogP contribution in [0.4, 0.5) is 5.82 Å². The molecule has 0 spiro atoms. The SMILES string of the molecule is Nc1cc(Cc2cnn(Cc3ccc4c(c3)C(c3ccccc3)CNC4)c2)c2n[nH]nc2n1. The van der Waals surface area contributed by atoms with E-state index in [2.05, 4.69) is 85.5 Å². The van der Waals surface area contributed by atoms with Gasteiger partial charge in [0.25, 0.3) is 0 Å². The quantitative estimate of drug-likeness (QED) is 0.391. The lowest BCUT2D eigenvalue weighted by atomic mass is 9.84. The van der Waals surface area contributed by atoms with Gasteiger partial charge in [0.15, 0.2) is 0 Å². The first-order valence-corrected chi connectivity index (χ1v) is 11.1. The predicted molar refractivity (Wildman–Crippen MR) is 127 cm³/mol. The normalized spacial score (nSPS) is 15.6. The van der Waals surface area contributed by atoms with E-state index in [9.17, 15) is 0 Å². The number of rotatable bonds is 5. The third kappa shape index (κ3) is 3.85. The number of nitrogen functional groups attached to an aromatic ring is 1. The van der Waals surface area contributed by atoms with Gasteiger partial charge in [-0.05, 0) is 39.4 Å². The Balaban J connectivity index is 1.24. The molecule has 3 aromatic heterocycles. The summed E-state index contributed by atoms with van der Waals surface area (Å²) < 4.78 is 1.99. The summed E-state index contributed by atoms with van der Waals surface area (Å²) in [6, 6.07) is 19.4. The molecule has 6 rings (SSSR count). The molecule has 0 saturated heterocycles. The molecule has 1 aliphatic heterocycles. The van der Waals surface area contributed by atoms with Crippen LogP contribution in [0.5, 0.6) is 0 Å². The van der Waals surface area contributed by atoms with Crippen LogP contribution in [0, 0.1) is 0 Å². The molecule has 2 aromatic carbocycles. The summed E-state index contributed by atoms with van der Waals surface area (Å²) in [5, 5.41) is 19.1. The van der Waals surface area contributed by atoms with Crippen LogP contribution >= 0.6 is 0 Å². The van der Waals surface area contributed by atoms with E-state index >= 15 is 0 Å². The topological polar surface area (TPSA) is 110 Å². The van der Waals surface area contributed by atoms with Gasteiger partial charge in [-0.25, -0.2) is 4.98 Å². The van der Waals surface area contributed by atoms with E-state index in [-0.39, 0.29) is 0 Å². The monoisotopic (exact) mass is 436 g/mol. The van der Waals surface area contributed by atoms with E-state index in [0.717, 1.165) is 36.3 Å². The fourth-order valence-corrected chi connectivity index (χ4v) is 4.72. The Kier molecular flexibility index (Phi) is 4.84. The number of fused-ring (bicyclic) bond motifs is 2. The zero-order valence-electron chi connectivity index (χ0n) is 18.1. The number of nitrogens with one attached hydrogen (secondary N) is 2. The summed E-state index contributed by atoms with van der Waals surface area (Å²) in [6.45, 7) is 2.59. The highest BCUT2D eigenvalue weighted by Crippen LogP contribution is 2.31. The molecule has 0 radical (unpaired) electrons. The van der Waals surface area contributed by atoms with Crippen LogP contribution in [-0.2, 0) is 19.5 Å². The van der Waals surface area contributed by atoms with Crippen molar-refractivity contribution in [3.8, 4) is 0 Å². The number of aromatic nitrogens is 6. The van der Waals surface area contributed by atoms with Crippen molar-refractivity contribution in [2.24, 2.45) is 0 Å². The first-order chi connectivity index (χ1) is 16.2. The Morgan fingerprint density at radius 2 is 1.94 bits per heavy atom. The lowest BCUT2D eigenvalue weighted by Gasteiger charge is -2.27. The van der Waals surface area contributed by atoms with Gasteiger partial charge in [-0.1, -0.05) is 48.5 Å². The molecule has 33 heavy (non-hydrogen) atoms. The lowest BCUT2D eigenvalue weighted by molar-refractivity contribution is 0.589. The molecule has 1 atom stereocenters. The highest BCUT2D eigenvalue weighted by Gasteiger charge is 2.21. The van der Waals surface area contributed by atoms with Crippen LogP contribution in [0.1, 0.15) is 39.3 Å². The molecule has 1 aliphatic rings. The number of benzene rings is 2. The smallest absolute Gasteiger partial charge is 0.203 e. The molecule has 5 aromatic rings. The number of hydrogen-bond acceptors (Lipinski definition) is 6. The average molecular weight is 437 g/mol. The van der Waals surface area contributed by atoms with Crippen molar-refractivity contribution in [3.63, 3.8) is 0 Å². The molecule has 0 aliphatic carbocycles. The van der Waals surface area contributed by atoms with Crippen molar-refractivity contribution in [3.05, 3.63) is 100 Å². The average Bonchev–Trinajstić information content (AvgIpc) is 3.48. The van der Waals surface area contributed by atoms with Crippen LogP contribution in [0.2, 0.25) is 0 Å². The highest BCUT2D eigenvalue weighted by atomic mass is 15.3. The van der Waals surface area contributed by atoms with Gasteiger partial charge in [0.1, 0.15) is 11.3 Å². The van der Waals surface area contributed by atoms with Crippen molar-refractivity contribution in [2.45, 2.75) is 25.4 Å². The first kappa shape index (κ1) is 19.6. The van der Waals surface area contributed by atoms with Gasteiger partial charge >= 0.3 is 0 Å². The maximum Gasteiger partial charge on any atom is 0.203 e. The maximum atomic E-state index is 5.94. The first-order valence-electron chi connectivity index (χ1n) is 11.1. The van der Waals surface area contributed by atoms with Gasteiger partial charge in [-0.3, -0.25) is 4.68 Å². The predicted octanol–water partition coefficient (Wildman–Crippen LogP) is 3.01. The zero-order chi connectivity index (χ0) is 22.2. The largest absolute Gasteiger partial charge is 0.384 e. The Bertz CT molecular complexity index is 1420. The van der Waals surface area contributed by atoms with E-state index in [4.69, 9.17) is 5.73 Å². The van der Waals surface area contributed by atoms with Crippen LogP contribution in [0.3, 0.4) is 0 Å². The van der Waals surface area contributed by atoms with Crippen molar-refractivity contribution < 1.29 is 0 Å². The Morgan fingerprint density at radius 1 is 1.03 bits per heavy atom. The fraction of sp³-hybridized carbons (Fsp3) is 0.200. The van der Waals surface area contributed by atoms with Crippen LogP contribution in [0.15, 0.2) is 67.0 Å². The second-order valence-electron chi connectivity index (χ2n) is 8.55. The molecular weight excluding hydrogens is 412 g/mol. The minimum absolute atomic E-state index is 0.366. The molecule has 164 valence electrons. The van der Waals surface area contributed by atoms with Gasteiger partial charge in [-0.2, -0.15) is 15.4 Å². The molecule has 4 N–H and O–H groups in total. The fourth-order valence-electron chi connectivity index (χ4n) is 4.72. The number of pyridine rings is 1. The Labute approximate surface area is 190 Å². The second-order valence-corrected chi connectivity index (χ2v) is 8.55.